The van der Waals surface area contributed by atoms with Crippen LogP contribution >= 0.6 is 23.2 Å². The van der Waals surface area contributed by atoms with Crippen LogP contribution in [0.2, 0.25) is 10.0 Å². The summed E-state index contributed by atoms with van der Waals surface area (Å²) in [5.74, 6) is 1.51. The molecule has 4 aromatic carbocycles. The van der Waals surface area contributed by atoms with Crippen LogP contribution in [-0.2, 0) is 39.4 Å². The van der Waals surface area contributed by atoms with E-state index in [1.54, 1.807) is 48.8 Å². The molecule has 0 saturated carbocycles. The summed E-state index contributed by atoms with van der Waals surface area (Å²) in [5, 5.41) is 82.0. The molecule has 17 heteroatoms. The van der Waals surface area contributed by atoms with Crippen LogP contribution in [0.25, 0.3) is 11.1 Å². The number of hydrogen-bond donors (Lipinski definition) is 7. The van der Waals surface area contributed by atoms with Gasteiger partial charge < -0.3 is 54.9 Å². The SMILES string of the molecule is Cc1c(COc2cc(OCc3cncc(C#N)c3)c(CCC(CO)(CO)CO)cc2Cl)cccc1-c1cccc(COc2cc(OCc3cncc(C#N)c3)c(CNC(CO)(CO)CO)cc2Cl)c1C. The Hall–Kier alpha value is -6.34. The van der Waals surface area contributed by atoms with Crippen molar-refractivity contribution in [2.75, 3.05) is 39.6 Å². The van der Waals surface area contributed by atoms with Gasteiger partial charge >= 0.3 is 0 Å². The summed E-state index contributed by atoms with van der Waals surface area (Å²) in [6.07, 6.45) is 6.67. The number of nitriles is 2. The van der Waals surface area contributed by atoms with Gasteiger partial charge in [0, 0.05) is 65.6 Å². The zero-order chi connectivity index (χ0) is 50.3. The Morgan fingerprint density at radius 1 is 0.543 bits per heavy atom. The minimum Gasteiger partial charge on any atom is -0.488 e. The van der Waals surface area contributed by atoms with E-state index in [1.165, 1.54) is 12.4 Å². The molecule has 0 unspecified atom stereocenters. The third-order valence-corrected chi connectivity index (χ3v) is 12.9. The van der Waals surface area contributed by atoms with E-state index in [2.05, 4.69) is 27.4 Å². The smallest absolute Gasteiger partial charge is 0.142 e. The number of rotatable bonds is 25. The second-order valence-corrected chi connectivity index (χ2v) is 17.9. The topological polar surface area (TPSA) is 244 Å². The molecule has 0 radical (unpaired) electrons. The molecule has 6 rings (SSSR count). The van der Waals surface area contributed by atoms with Crippen molar-refractivity contribution < 1.29 is 49.6 Å². The van der Waals surface area contributed by atoms with Gasteiger partial charge in [-0.05, 0) is 89.9 Å². The lowest BCUT2D eigenvalue weighted by atomic mass is 9.84. The van der Waals surface area contributed by atoms with Gasteiger partial charge in [-0.25, -0.2) is 0 Å². The van der Waals surface area contributed by atoms with Crippen LogP contribution in [0.1, 0.15) is 62.1 Å². The van der Waals surface area contributed by atoms with Gasteiger partial charge in [0.05, 0.1) is 66.4 Å². The van der Waals surface area contributed by atoms with Crippen LogP contribution in [-0.4, -0.2) is 85.8 Å². The van der Waals surface area contributed by atoms with Gasteiger partial charge in [-0.2, -0.15) is 10.5 Å². The fourth-order valence-corrected chi connectivity index (χ4v) is 8.00. The maximum Gasteiger partial charge on any atom is 0.142 e. The van der Waals surface area contributed by atoms with E-state index < -0.39 is 50.6 Å². The van der Waals surface area contributed by atoms with E-state index in [4.69, 9.17) is 42.1 Å². The maximum atomic E-state index is 9.97. The highest BCUT2D eigenvalue weighted by Crippen LogP contribution is 2.39. The molecule has 7 N–H and O–H groups in total. The average molecular weight is 993 g/mol. The third kappa shape index (κ3) is 13.1. The molecular weight excluding hydrogens is 938 g/mol. The highest BCUT2D eigenvalue weighted by molar-refractivity contribution is 6.32. The number of ether oxygens (including phenoxy) is 4. The Kier molecular flexibility index (Phi) is 18.9. The van der Waals surface area contributed by atoms with Crippen LogP contribution in [0.3, 0.4) is 0 Å². The van der Waals surface area contributed by atoms with Crippen molar-refractivity contribution in [2.24, 2.45) is 5.41 Å². The minimum absolute atomic E-state index is 0.0600. The van der Waals surface area contributed by atoms with Crippen molar-refractivity contribution in [3.05, 3.63) is 163 Å². The Morgan fingerprint density at radius 3 is 1.43 bits per heavy atom. The summed E-state index contributed by atoms with van der Waals surface area (Å²) in [6, 6.07) is 26.1. The van der Waals surface area contributed by atoms with Gasteiger partial charge in [0.25, 0.3) is 0 Å². The number of nitrogens with one attached hydrogen (secondary N) is 1. The van der Waals surface area contributed by atoms with E-state index in [1.807, 2.05) is 50.2 Å². The highest BCUT2D eigenvalue weighted by Gasteiger charge is 2.30. The third-order valence-electron chi connectivity index (χ3n) is 12.3. The molecule has 0 bridgehead atoms. The molecule has 0 amide bonds. The lowest BCUT2D eigenvalue weighted by Crippen LogP contribution is -2.54. The predicted molar refractivity (Wildman–Crippen MR) is 262 cm³/mol. The number of pyridine rings is 2. The average Bonchev–Trinajstić information content (AvgIpc) is 3.39. The molecule has 6 aromatic rings. The maximum absolute atomic E-state index is 9.97. The number of hydrogen-bond acceptors (Lipinski definition) is 15. The number of halogens is 2. The monoisotopic (exact) mass is 991 g/mol. The fraction of sp³-hybridized carbons (Fsp3) is 0.321. The number of aromatic nitrogens is 2. The van der Waals surface area contributed by atoms with E-state index in [0.29, 0.717) is 67.8 Å². The first-order valence-corrected chi connectivity index (χ1v) is 23.0. The van der Waals surface area contributed by atoms with Gasteiger partial charge in [0.2, 0.25) is 0 Å². The van der Waals surface area contributed by atoms with Crippen molar-refractivity contribution in [3.8, 4) is 46.3 Å². The summed E-state index contributed by atoms with van der Waals surface area (Å²) in [6.45, 7) is 1.74. The first-order chi connectivity index (χ1) is 33.9. The molecule has 366 valence electrons. The van der Waals surface area contributed by atoms with Crippen molar-refractivity contribution in [3.63, 3.8) is 0 Å². The van der Waals surface area contributed by atoms with E-state index >= 15 is 0 Å². The molecule has 0 fully saturated rings. The minimum atomic E-state index is -1.36. The lowest BCUT2D eigenvalue weighted by Gasteiger charge is -2.29. The Bertz CT molecular complexity index is 2620. The molecule has 0 aliphatic rings. The predicted octanol–water partition coefficient (Wildman–Crippen LogP) is 6.83. The van der Waals surface area contributed by atoms with Gasteiger partial charge in [-0.1, -0.05) is 59.6 Å². The Morgan fingerprint density at radius 2 is 0.986 bits per heavy atom. The van der Waals surface area contributed by atoms with Gasteiger partial charge in [0.1, 0.15) is 61.6 Å². The molecule has 0 aliphatic heterocycles. The van der Waals surface area contributed by atoms with Gasteiger partial charge in [-0.15, -0.1) is 0 Å². The molecule has 2 aromatic heterocycles. The second-order valence-electron chi connectivity index (χ2n) is 17.1. The number of benzene rings is 4. The number of aliphatic hydroxyl groups is 6. The van der Waals surface area contributed by atoms with E-state index in [-0.39, 0.29) is 44.4 Å². The first kappa shape index (κ1) is 53.0. The van der Waals surface area contributed by atoms with Crippen LogP contribution < -0.4 is 24.3 Å². The van der Waals surface area contributed by atoms with E-state index in [9.17, 15) is 41.2 Å². The first-order valence-electron chi connectivity index (χ1n) is 22.3. The molecule has 0 aliphatic carbocycles. The fourth-order valence-electron chi connectivity index (χ4n) is 7.51. The van der Waals surface area contributed by atoms with Crippen LogP contribution in [0.4, 0.5) is 0 Å². The highest BCUT2D eigenvalue weighted by atomic mass is 35.5. The summed E-state index contributed by atoms with van der Waals surface area (Å²) in [7, 11) is 0. The van der Waals surface area contributed by atoms with Crippen LogP contribution in [0.15, 0.2) is 97.6 Å². The largest absolute Gasteiger partial charge is 0.488 e. The van der Waals surface area contributed by atoms with Crippen molar-refractivity contribution >= 4 is 23.2 Å². The zero-order valence-corrected chi connectivity index (χ0v) is 40.3. The number of aryl methyl sites for hydroxylation is 1. The Labute approximate surface area is 416 Å². The molecule has 0 saturated heterocycles. The summed E-state index contributed by atoms with van der Waals surface area (Å²) in [5.41, 5.74) is 6.54. The molecular formula is C53H55Cl2N5O10. The van der Waals surface area contributed by atoms with Gasteiger partial charge in [-0.3, -0.25) is 9.97 Å². The number of aliphatic hydroxyl groups excluding tert-OH is 6. The van der Waals surface area contributed by atoms with Crippen LogP contribution in [0, 0.1) is 41.9 Å². The van der Waals surface area contributed by atoms with Gasteiger partial charge in [0.15, 0.2) is 0 Å². The summed E-state index contributed by atoms with van der Waals surface area (Å²) >= 11 is 13.7. The molecule has 2 heterocycles. The standard InChI is InChI=1S/C53H55Cl2N5O10/c1-34-41(26-69-50-15-48(67-24-38-11-36(17-56)19-58-21-38)40(13-46(50)54)9-10-52(28-61,29-62)30-63)5-3-7-44(34)45-8-4-6-42(35(45)2)27-70-51-16-49(68-25-39-12-37(18-57)20-59-22-39)43(14-47(51)55)23-60-53(31-64,32-65)33-66/h3-8,11-16,19-22,60-66H,9-10,23-33H2,1-2H3. The normalized spacial score (nSPS) is 11.5. The zero-order valence-electron chi connectivity index (χ0n) is 38.8. The van der Waals surface area contributed by atoms with Crippen molar-refractivity contribution in [2.45, 2.75) is 65.2 Å². The molecule has 0 atom stereocenters. The number of nitrogens with zero attached hydrogens (tertiary/aromatic N) is 4. The van der Waals surface area contributed by atoms with E-state index in [0.717, 1.165) is 33.4 Å². The Balaban J connectivity index is 1.21. The molecule has 0 spiro atoms. The van der Waals surface area contributed by atoms with Crippen molar-refractivity contribution in [1.29, 1.82) is 10.5 Å². The summed E-state index contributed by atoms with van der Waals surface area (Å²) in [4.78, 5) is 8.24. The lowest BCUT2D eigenvalue weighted by molar-refractivity contribution is -0.000389. The molecule has 15 nitrogen and oxygen atoms in total. The quantitative estimate of drug-likeness (QED) is 0.0311. The van der Waals surface area contributed by atoms with Crippen molar-refractivity contribution in [1.82, 2.24) is 15.3 Å². The second kappa shape index (κ2) is 25.0. The molecule has 70 heavy (non-hydrogen) atoms. The van der Waals surface area contributed by atoms with Crippen LogP contribution in [0.5, 0.6) is 23.0 Å². The summed E-state index contributed by atoms with van der Waals surface area (Å²) < 4.78 is 25.2.